The third-order valence-corrected chi connectivity index (χ3v) is 3.82. The molecular formula is C11H14FO2SSe. The van der Waals surface area contributed by atoms with Crippen LogP contribution in [0.15, 0.2) is 24.3 Å². The Morgan fingerprint density at radius 2 is 1.75 bits per heavy atom. The van der Waals surface area contributed by atoms with Gasteiger partial charge in [0.2, 0.25) is 0 Å². The third kappa shape index (κ3) is 4.24. The van der Waals surface area contributed by atoms with Gasteiger partial charge in [0.25, 0.3) is 0 Å². The molecule has 0 aromatic heterocycles. The standard InChI is InChI=1S/C11H14FO2SSe/c1-8(2)11(7-15(12,13)14)9-3-5-10(16)6-4-9/h3-6,8,11H,7H2,1-2H3. The van der Waals surface area contributed by atoms with E-state index in [1.54, 1.807) is 0 Å². The molecule has 0 saturated heterocycles. The molecule has 0 bridgehead atoms. The van der Waals surface area contributed by atoms with Crippen molar-refractivity contribution in [2.75, 3.05) is 5.75 Å². The van der Waals surface area contributed by atoms with E-state index in [2.05, 4.69) is 16.0 Å². The molecule has 1 radical (unpaired) electrons. The van der Waals surface area contributed by atoms with Crippen molar-refractivity contribution in [1.29, 1.82) is 0 Å². The van der Waals surface area contributed by atoms with Gasteiger partial charge < -0.3 is 0 Å². The molecule has 0 heterocycles. The van der Waals surface area contributed by atoms with E-state index in [1.807, 2.05) is 38.1 Å². The Bertz CT molecular complexity index is 440. The van der Waals surface area contributed by atoms with Gasteiger partial charge in [-0.15, -0.1) is 0 Å². The zero-order valence-electron chi connectivity index (χ0n) is 9.18. The Hall–Kier alpha value is -0.381. The van der Waals surface area contributed by atoms with Crippen LogP contribution in [0.3, 0.4) is 0 Å². The molecule has 1 atom stereocenters. The minimum atomic E-state index is -4.43. The van der Waals surface area contributed by atoms with Crippen molar-refractivity contribution >= 4 is 30.7 Å². The monoisotopic (exact) mass is 309 g/mol. The molecule has 0 aliphatic carbocycles. The van der Waals surface area contributed by atoms with E-state index in [-0.39, 0.29) is 11.8 Å². The Morgan fingerprint density at radius 1 is 1.25 bits per heavy atom. The Balaban J connectivity index is 2.99. The molecule has 16 heavy (non-hydrogen) atoms. The average molecular weight is 308 g/mol. The van der Waals surface area contributed by atoms with Crippen molar-refractivity contribution in [2.45, 2.75) is 19.8 Å². The molecule has 1 rings (SSSR count). The van der Waals surface area contributed by atoms with Crippen LogP contribution in [0.5, 0.6) is 0 Å². The second kappa shape index (κ2) is 5.30. The van der Waals surface area contributed by atoms with Crippen molar-refractivity contribution in [3.05, 3.63) is 29.8 Å². The van der Waals surface area contributed by atoms with Gasteiger partial charge in [0.1, 0.15) is 0 Å². The predicted molar refractivity (Wildman–Crippen MR) is 64.3 cm³/mol. The van der Waals surface area contributed by atoms with Gasteiger partial charge in [0.05, 0.1) is 0 Å². The zero-order chi connectivity index (χ0) is 12.3. The van der Waals surface area contributed by atoms with Crippen LogP contribution in [0.4, 0.5) is 3.89 Å². The van der Waals surface area contributed by atoms with Gasteiger partial charge >= 0.3 is 104 Å². The summed E-state index contributed by atoms with van der Waals surface area (Å²) in [5, 5.41) is 0. The van der Waals surface area contributed by atoms with Gasteiger partial charge in [0.15, 0.2) is 0 Å². The number of hydrogen-bond acceptors (Lipinski definition) is 2. The molecular weight excluding hydrogens is 294 g/mol. The summed E-state index contributed by atoms with van der Waals surface area (Å²) in [6, 6.07) is 7.38. The predicted octanol–water partition coefficient (Wildman–Crippen LogP) is 1.52. The maximum absolute atomic E-state index is 12.7. The molecule has 0 spiro atoms. The Kier molecular flexibility index (Phi) is 4.53. The fraction of sp³-hybridized carbons (Fsp3) is 0.455. The van der Waals surface area contributed by atoms with Crippen LogP contribution in [0.2, 0.25) is 0 Å². The number of hydrogen-bond donors (Lipinski definition) is 0. The summed E-state index contributed by atoms with van der Waals surface area (Å²) in [4.78, 5) is 0. The van der Waals surface area contributed by atoms with Gasteiger partial charge in [-0.3, -0.25) is 0 Å². The van der Waals surface area contributed by atoms with E-state index < -0.39 is 16.0 Å². The minimum absolute atomic E-state index is 0.0808. The number of rotatable bonds is 4. The molecule has 0 N–H and O–H groups in total. The van der Waals surface area contributed by atoms with Crippen molar-refractivity contribution < 1.29 is 12.3 Å². The molecule has 0 aliphatic rings. The summed E-state index contributed by atoms with van der Waals surface area (Å²) in [5.41, 5.74) is 0.857. The molecule has 0 fully saturated rings. The van der Waals surface area contributed by atoms with Gasteiger partial charge in [0, 0.05) is 0 Å². The third-order valence-electron chi connectivity index (χ3n) is 2.49. The summed E-state index contributed by atoms with van der Waals surface area (Å²) in [5.74, 6) is -0.662. The van der Waals surface area contributed by atoms with Crippen molar-refractivity contribution in [3.8, 4) is 0 Å². The van der Waals surface area contributed by atoms with Gasteiger partial charge in [-0.2, -0.15) is 0 Å². The summed E-state index contributed by atoms with van der Waals surface area (Å²) < 4.78 is 35.1. The van der Waals surface area contributed by atoms with Crippen LogP contribution in [0, 0.1) is 5.92 Å². The first-order valence-electron chi connectivity index (χ1n) is 4.99. The van der Waals surface area contributed by atoms with E-state index in [0.717, 1.165) is 10.0 Å². The number of halogens is 1. The van der Waals surface area contributed by atoms with Crippen LogP contribution in [-0.4, -0.2) is 30.2 Å². The van der Waals surface area contributed by atoms with Crippen LogP contribution < -0.4 is 4.46 Å². The average Bonchev–Trinajstić information content (AvgIpc) is 2.14. The zero-order valence-corrected chi connectivity index (χ0v) is 11.7. The molecule has 1 aromatic carbocycles. The molecule has 0 saturated carbocycles. The molecule has 1 unspecified atom stereocenters. The summed E-state index contributed by atoms with van der Waals surface area (Å²) in [6.45, 7) is 3.78. The van der Waals surface area contributed by atoms with E-state index in [4.69, 9.17) is 0 Å². The topological polar surface area (TPSA) is 34.1 Å². The SMILES string of the molecule is CC(C)C(CS(=O)(=O)F)c1ccc([Se])cc1. The fourth-order valence-corrected chi connectivity index (χ4v) is 2.89. The Labute approximate surface area is 104 Å². The first-order valence-corrected chi connectivity index (χ1v) is 7.40. The van der Waals surface area contributed by atoms with Gasteiger partial charge in [-0.05, 0) is 0 Å². The van der Waals surface area contributed by atoms with Crippen LogP contribution in [0.25, 0.3) is 0 Å². The van der Waals surface area contributed by atoms with E-state index >= 15 is 0 Å². The van der Waals surface area contributed by atoms with Gasteiger partial charge in [-0.1, -0.05) is 0 Å². The summed E-state index contributed by atoms with van der Waals surface area (Å²) >= 11 is 2.85. The van der Waals surface area contributed by atoms with E-state index in [0.29, 0.717) is 0 Å². The van der Waals surface area contributed by atoms with Crippen molar-refractivity contribution in [2.24, 2.45) is 5.92 Å². The quantitative estimate of drug-likeness (QED) is 0.624. The van der Waals surface area contributed by atoms with E-state index in [1.165, 1.54) is 0 Å². The molecule has 89 valence electrons. The van der Waals surface area contributed by atoms with Crippen molar-refractivity contribution in [3.63, 3.8) is 0 Å². The van der Waals surface area contributed by atoms with E-state index in [9.17, 15) is 12.3 Å². The first-order chi connectivity index (χ1) is 7.29. The maximum atomic E-state index is 12.7. The summed E-state index contributed by atoms with van der Waals surface area (Å²) in [7, 11) is -4.43. The molecule has 5 heteroatoms. The second-order valence-electron chi connectivity index (χ2n) is 4.13. The van der Waals surface area contributed by atoms with Crippen LogP contribution >= 0.6 is 0 Å². The van der Waals surface area contributed by atoms with Crippen LogP contribution in [0.1, 0.15) is 25.3 Å². The van der Waals surface area contributed by atoms with Gasteiger partial charge in [-0.25, -0.2) is 0 Å². The second-order valence-corrected chi connectivity index (χ2v) is 6.53. The fourth-order valence-electron chi connectivity index (χ4n) is 1.60. The number of benzene rings is 1. The van der Waals surface area contributed by atoms with Crippen molar-refractivity contribution in [1.82, 2.24) is 0 Å². The molecule has 0 aliphatic heterocycles. The summed E-state index contributed by atoms with van der Waals surface area (Å²) in [6.07, 6.45) is 0. The first kappa shape index (κ1) is 13.7. The normalized spacial score (nSPS) is 14.0. The van der Waals surface area contributed by atoms with Crippen LogP contribution in [-0.2, 0) is 10.2 Å². The molecule has 1 aromatic rings. The Morgan fingerprint density at radius 3 is 2.12 bits per heavy atom. The molecule has 2 nitrogen and oxygen atoms in total. The molecule has 0 amide bonds.